The average Bonchev–Trinajstić information content (AvgIpc) is 2.56. The molecule has 0 aromatic heterocycles. The van der Waals surface area contributed by atoms with Crippen LogP contribution in [0.1, 0.15) is 39.0 Å². The molecule has 6 bridgehead atoms. The summed E-state index contributed by atoms with van der Waals surface area (Å²) in [6.45, 7) is 10.8. The molecule has 5 saturated heterocycles. The van der Waals surface area contributed by atoms with Gasteiger partial charge in [0.25, 0.3) is 0 Å². The van der Waals surface area contributed by atoms with Gasteiger partial charge < -0.3 is 5.32 Å². The van der Waals surface area contributed by atoms with Crippen LogP contribution >= 0.6 is 0 Å². The van der Waals surface area contributed by atoms with Gasteiger partial charge in [-0.1, -0.05) is 12.2 Å². The van der Waals surface area contributed by atoms with E-state index in [2.05, 4.69) is 40.4 Å². The second-order valence-electron chi connectivity index (χ2n) is 7.87. The molecule has 130 valence electrons. The summed E-state index contributed by atoms with van der Waals surface area (Å²) >= 11 is 0. The van der Waals surface area contributed by atoms with Gasteiger partial charge in [-0.2, -0.15) is 0 Å². The van der Waals surface area contributed by atoms with Crippen LogP contribution in [0, 0.1) is 11.8 Å². The van der Waals surface area contributed by atoms with Crippen molar-refractivity contribution in [1.82, 2.24) is 15.1 Å². The van der Waals surface area contributed by atoms with Crippen LogP contribution < -0.4 is 5.32 Å². The van der Waals surface area contributed by atoms with Crippen LogP contribution in [0.2, 0.25) is 0 Å². The maximum atomic E-state index is 11.4. The highest BCUT2D eigenvalue weighted by atomic mass is 16.1. The molecule has 0 aliphatic carbocycles. The molecule has 4 nitrogen and oxygen atoms in total. The lowest BCUT2D eigenvalue weighted by Crippen LogP contribution is -2.79. The second kappa shape index (κ2) is 6.16. The summed E-state index contributed by atoms with van der Waals surface area (Å²) in [5.74, 6) is 1.46. The Bertz CT molecular complexity index is 575. The minimum absolute atomic E-state index is 0.0254. The predicted octanol–water partition coefficient (Wildman–Crippen LogP) is 2.65. The first-order chi connectivity index (χ1) is 11.7. The molecular weight excluding hydrogens is 298 g/mol. The van der Waals surface area contributed by atoms with Gasteiger partial charge in [0.05, 0.1) is 6.17 Å². The van der Waals surface area contributed by atoms with E-state index in [0.717, 1.165) is 25.2 Å². The third-order valence-electron chi connectivity index (χ3n) is 6.67. The van der Waals surface area contributed by atoms with Gasteiger partial charge in [0.15, 0.2) is 0 Å². The van der Waals surface area contributed by atoms with Crippen LogP contribution in [0.4, 0.5) is 0 Å². The predicted molar refractivity (Wildman–Crippen MR) is 96.1 cm³/mol. The third kappa shape index (κ3) is 2.31. The van der Waals surface area contributed by atoms with Crippen LogP contribution in [-0.2, 0) is 4.79 Å². The number of amides is 1. The Morgan fingerprint density at radius 1 is 1.29 bits per heavy atom. The Balaban J connectivity index is 1.71. The fourth-order valence-corrected chi connectivity index (χ4v) is 5.99. The topological polar surface area (TPSA) is 35.6 Å². The Hall–Kier alpha value is -1.39. The molecule has 0 spiro atoms. The van der Waals surface area contributed by atoms with Gasteiger partial charge in [-0.05, 0) is 49.5 Å². The molecule has 8 atom stereocenters. The van der Waals surface area contributed by atoms with Crippen LogP contribution in [0.5, 0.6) is 0 Å². The number of hydrogen-bond donors (Lipinski definition) is 1. The molecule has 8 unspecified atom stereocenters. The molecule has 5 fully saturated rings. The molecule has 5 rings (SSSR count). The Kier molecular flexibility index (Phi) is 4.13. The van der Waals surface area contributed by atoms with Crippen molar-refractivity contribution in [3.8, 4) is 0 Å². The monoisotopic (exact) mass is 327 g/mol. The summed E-state index contributed by atoms with van der Waals surface area (Å²) in [5.41, 5.74) is 1.43. The van der Waals surface area contributed by atoms with E-state index in [1.165, 1.54) is 25.0 Å². The normalized spacial score (nSPS) is 46.8. The zero-order valence-electron chi connectivity index (χ0n) is 14.7. The molecule has 0 aromatic carbocycles. The minimum Gasteiger partial charge on any atom is -0.333 e. The molecule has 24 heavy (non-hydrogen) atoms. The van der Waals surface area contributed by atoms with Crippen LogP contribution in [-0.4, -0.2) is 46.5 Å². The molecule has 1 N–H and O–H groups in total. The lowest BCUT2D eigenvalue weighted by molar-refractivity contribution is -0.218. The van der Waals surface area contributed by atoms with E-state index >= 15 is 0 Å². The number of nitrogens with one attached hydrogen (secondary N) is 1. The fourth-order valence-electron chi connectivity index (χ4n) is 5.99. The molecule has 5 aliphatic heterocycles. The van der Waals surface area contributed by atoms with E-state index in [0.29, 0.717) is 30.2 Å². The first-order valence-corrected chi connectivity index (χ1v) is 9.36. The standard InChI is InChI=1S/C20H29N3O/c1-4-6-17-15-10-16-18(7-5-2)22(12-15)19-9-8-14(11-21-13(3)24)20(16)23(17)19/h4-5,11,15-20H,1-2,6-10,12H2,3H3,(H,21,24). The molecule has 5 aliphatic rings. The smallest absolute Gasteiger partial charge is 0.220 e. The summed E-state index contributed by atoms with van der Waals surface area (Å²) in [6.07, 6.45) is 12.5. The lowest BCUT2D eigenvalue weighted by atomic mass is 9.62. The Labute approximate surface area is 145 Å². The van der Waals surface area contributed by atoms with E-state index in [1.54, 1.807) is 6.92 Å². The van der Waals surface area contributed by atoms with Crippen molar-refractivity contribution in [2.75, 3.05) is 6.54 Å². The van der Waals surface area contributed by atoms with E-state index < -0.39 is 0 Å². The first kappa shape index (κ1) is 16.1. The van der Waals surface area contributed by atoms with E-state index in [1.807, 2.05) is 6.20 Å². The Morgan fingerprint density at radius 3 is 2.75 bits per heavy atom. The van der Waals surface area contributed by atoms with Gasteiger partial charge in [-0.15, -0.1) is 13.2 Å². The maximum Gasteiger partial charge on any atom is 0.220 e. The molecule has 0 radical (unpaired) electrons. The fraction of sp³-hybridized carbons (Fsp3) is 0.650. The molecule has 0 saturated carbocycles. The summed E-state index contributed by atoms with van der Waals surface area (Å²) in [7, 11) is 0. The largest absolute Gasteiger partial charge is 0.333 e. The van der Waals surface area contributed by atoms with Crippen molar-refractivity contribution in [1.29, 1.82) is 0 Å². The molecule has 5 heterocycles. The summed E-state index contributed by atoms with van der Waals surface area (Å²) in [5, 5.41) is 2.94. The van der Waals surface area contributed by atoms with Crippen molar-refractivity contribution in [3.63, 3.8) is 0 Å². The van der Waals surface area contributed by atoms with Crippen molar-refractivity contribution in [3.05, 3.63) is 37.1 Å². The highest BCUT2D eigenvalue weighted by molar-refractivity contribution is 5.74. The number of carbonyl (C=O) groups excluding carboxylic acids is 1. The zero-order chi connectivity index (χ0) is 16.8. The lowest BCUT2D eigenvalue weighted by Gasteiger charge is -2.70. The molecule has 4 heteroatoms. The van der Waals surface area contributed by atoms with Crippen molar-refractivity contribution in [2.45, 2.75) is 63.3 Å². The zero-order valence-corrected chi connectivity index (χ0v) is 14.7. The second-order valence-corrected chi connectivity index (χ2v) is 7.87. The highest BCUT2D eigenvalue weighted by Crippen LogP contribution is 2.54. The van der Waals surface area contributed by atoms with Crippen molar-refractivity contribution < 1.29 is 4.79 Å². The number of piperidine rings is 3. The van der Waals surface area contributed by atoms with Gasteiger partial charge in [-0.25, -0.2) is 0 Å². The van der Waals surface area contributed by atoms with Gasteiger partial charge >= 0.3 is 0 Å². The van der Waals surface area contributed by atoms with Crippen molar-refractivity contribution in [2.24, 2.45) is 11.8 Å². The van der Waals surface area contributed by atoms with E-state index in [9.17, 15) is 4.79 Å². The first-order valence-electron chi connectivity index (χ1n) is 9.36. The van der Waals surface area contributed by atoms with Crippen LogP contribution in [0.15, 0.2) is 37.1 Å². The van der Waals surface area contributed by atoms with Crippen molar-refractivity contribution >= 4 is 5.91 Å². The van der Waals surface area contributed by atoms with Crippen LogP contribution in [0.3, 0.4) is 0 Å². The average molecular weight is 327 g/mol. The highest BCUT2D eigenvalue weighted by Gasteiger charge is 2.60. The van der Waals surface area contributed by atoms with E-state index in [-0.39, 0.29) is 5.91 Å². The Morgan fingerprint density at radius 2 is 2.04 bits per heavy atom. The number of hydrogen-bond acceptors (Lipinski definition) is 3. The summed E-state index contributed by atoms with van der Waals surface area (Å²) in [4.78, 5) is 16.9. The van der Waals surface area contributed by atoms with E-state index in [4.69, 9.17) is 0 Å². The minimum atomic E-state index is 0.0254. The molecular formula is C20H29N3O. The quantitative estimate of drug-likeness (QED) is 0.789. The van der Waals surface area contributed by atoms with Gasteiger partial charge in [0.1, 0.15) is 0 Å². The van der Waals surface area contributed by atoms with Gasteiger partial charge in [0.2, 0.25) is 5.91 Å². The van der Waals surface area contributed by atoms with Gasteiger partial charge in [-0.3, -0.25) is 14.6 Å². The SMILES string of the molecule is C=CCC1C2CC3CN1C1CCC(=CNC(C)=O)C2N1C3CC=C. The number of carbonyl (C=O) groups is 1. The van der Waals surface area contributed by atoms with Gasteiger partial charge in [0, 0.05) is 37.8 Å². The third-order valence-corrected chi connectivity index (χ3v) is 6.67. The molecule has 0 aromatic rings. The summed E-state index contributed by atoms with van der Waals surface area (Å²) < 4.78 is 0. The maximum absolute atomic E-state index is 11.4. The number of nitrogens with zero attached hydrogens (tertiary/aromatic N) is 2. The van der Waals surface area contributed by atoms with Crippen LogP contribution in [0.25, 0.3) is 0 Å². The summed E-state index contributed by atoms with van der Waals surface area (Å²) in [6, 6.07) is 1.73. The number of rotatable bonds is 5. The molecule has 1 amide bonds.